The van der Waals surface area contributed by atoms with Gasteiger partial charge in [-0.2, -0.15) is 4.31 Å². The number of aryl methyl sites for hydroxylation is 2. The molecule has 4 N–H and O–H groups in total. The van der Waals surface area contributed by atoms with Gasteiger partial charge < -0.3 is 16.2 Å². The molecule has 228 valence electrons. The molecule has 1 fully saturated rings. The van der Waals surface area contributed by atoms with E-state index in [1.807, 2.05) is 13.8 Å². The van der Waals surface area contributed by atoms with Gasteiger partial charge in [-0.25, -0.2) is 13.2 Å². The van der Waals surface area contributed by atoms with Gasteiger partial charge in [0.25, 0.3) is 5.91 Å². The Morgan fingerprint density at radius 1 is 1.05 bits per heavy atom. The number of hydrogen-bond acceptors (Lipinski definition) is 6. The molecule has 0 aromatic heterocycles. The first kappa shape index (κ1) is 32.8. The highest BCUT2D eigenvalue weighted by molar-refractivity contribution is 7.92. The smallest absolute Gasteiger partial charge is 0.318 e. The SMILES string of the molecule is Cc1cc(N(C)C(N)=O)cc(C)c1C=CS(=O)(=O)N1CCC2(CC1)N=C(CCCCCCCCCCCO)NC2=O. The van der Waals surface area contributed by atoms with E-state index in [1.165, 1.54) is 46.7 Å². The van der Waals surface area contributed by atoms with E-state index in [2.05, 4.69) is 5.32 Å². The minimum absolute atomic E-state index is 0.116. The Kier molecular flexibility index (Phi) is 11.9. The average Bonchev–Trinajstić information content (AvgIpc) is 3.22. The topological polar surface area (TPSA) is 145 Å². The van der Waals surface area contributed by atoms with Crippen molar-refractivity contribution in [1.82, 2.24) is 9.62 Å². The summed E-state index contributed by atoms with van der Waals surface area (Å²) in [5, 5.41) is 13.0. The lowest BCUT2D eigenvalue weighted by Gasteiger charge is -2.34. The van der Waals surface area contributed by atoms with Crippen molar-refractivity contribution in [2.75, 3.05) is 31.6 Å². The molecule has 1 aromatic rings. The Hall–Kier alpha value is -2.76. The van der Waals surface area contributed by atoms with Crippen LogP contribution in [0, 0.1) is 13.8 Å². The summed E-state index contributed by atoms with van der Waals surface area (Å²) in [7, 11) is -2.10. The van der Waals surface area contributed by atoms with Crippen LogP contribution in [0.3, 0.4) is 0 Å². The highest BCUT2D eigenvalue weighted by Crippen LogP contribution is 2.32. The molecule has 11 heteroatoms. The maximum Gasteiger partial charge on any atom is 0.318 e. The zero-order chi connectivity index (χ0) is 30.0. The maximum atomic E-state index is 13.1. The maximum absolute atomic E-state index is 13.1. The highest BCUT2D eigenvalue weighted by Gasteiger charge is 2.46. The fourth-order valence-corrected chi connectivity index (χ4v) is 6.74. The standard InChI is InChI=1S/C30H47N5O5S/c1-23-21-25(34(3)29(31)38)22-24(2)26(23)14-20-41(39,40)35-17-15-30(16-18-35)28(37)32-27(33-30)13-11-9-7-5-4-6-8-10-12-19-36/h14,20-22,36H,4-13,15-19H2,1-3H3,(H2,31,38)(H,32,33,37). The zero-order valence-corrected chi connectivity index (χ0v) is 25.6. The summed E-state index contributed by atoms with van der Waals surface area (Å²) in [6.07, 6.45) is 13.1. The van der Waals surface area contributed by atoms with E-state index < -0.39 is 21.6 Å². The second kappa shape index (κ2) is 14.9. The third-order valence-electron chi connectivity index (χ3n) is 8.21. The van der Waals surface area contributed by atoms with Crippen LogP contribution in [0.2, 0.25) is 0 Å². The van der Waals surface area contributed by atoms with Crippen LogP contribution in [-0.4, -0.2) is 67.9 Å². The number of aliphatic imine (C=N–C) groups is 1. The molecule has 41 heavy (non-hydrogen) atoms. The van der Waals surface area contributed by atoms with Crippen molar-refractivity contribution >= 4 is 39.6 Å². The van der Waals surface area contributed by atoms with Gasteiger partial charge in [-0.3, -0.25) is 14.7 Å². The van der Waals surface area contributed by atoms with Crippen LogP contribution >= 0.6 is 0 Å². The number of piperidine rings is 1. The summed E-state index contributed by atoms with van der Waals surface area (Å²) in [6.45, 7) is 4.47. The summed E-state index contributed by atoms with van der Waals surface area (Å²) in [4.78, 5) is 30.5. The molecule has 10 nitrogen and oxygen atoms in total. The van der Waals surface area contributed by atoms with Crippen molar-refractivity contribution in [2.45, 2.75) is 96.4 Å². The molecule has 1 saturated heterocycles. The summed E-state index contributed by atoms with van der Waals surface area (Å²) in [6, 6.07) is 3.02. The monoisotopic (exact) mass is 589 g/mol. The van der Waals surface area contributed by atoms with E-state index in [9.17, 15) is 18.0 Å². The van der Waals surface area contributed by atoms with E-state index in [0.29, 0.717) is 18.5 Å². The van der Waals surface area contributed by atoms with Gasteiger partial charge in [-0.1, -0.05) is 44.9 Å². The number of nitrogens with one attached hydrogen (secondary N) is 1. The van der Waals surface area contributed by atoms with Gasteiger partial charge >= 0.3 is 6.03 Å². The number of primary amides is 1. The first-order valence-corrected chi connectivity index (χ1v) is 16.3. The number of carbonyl (C=O) groups is 2. The molecule has 3 amide bonds. The average molecular weight is 590 g/mol. The molecule has 2 aliphatic rings. The van der Waals surface area contributed by atoms with E-state index >= 15 is 0 Å². The quantitative estimate of drug-likeness (QED) is 0.260. The van der Waals surface area contributed by atoms with Gasteiger partial charge in [0, 0.05) is 44.3 Å². The fraction of sp³-hybridized carbons (Fsp3) is 0.633. The minimum atomic E-state index is -3.69. The molecule has 1 aromatic carbocycles. The summed E-state index contributed by atoms with van der Waals surface area (Å²) in [5.74, 6) is 0.613. The molecule has 0 bridgehead atoms. The van der Waals surface area contributed by atoms with Gasteiger partial charge in [0.15, 0.2) is 0 Å². The molecule has 0 aliphatic carbocycles. The van der Waals surface area contributed by atoms with E-state index in [0.717, 1.165) is 54.6 Å². The number of nitrogens with two attached hydrogens (primary N) is 1. The van der Waals surface area contributed by atoms with Crippen molar-refractivity contribution in [3.05, 3.63) is 34.2 Å². The summed E-state index contributed by atoms with van der Waals surface area (Å²) in [5.41, 5.74) is 7.58. The van der Waals surface area contributed by atoms with Crippen molar-refractivity contribution in [1.29, 1.82) is 0 Å². The fourth-order valence-electron chi connectivity index (χ4n) is 5.57. The summed E-state index contributed by atoms with van der Waals surface area (Å²) < 4.78 is 27.7. The molecule has 2 heterocycles. The van der Waals surface area contributed by atoms with Crippen molar-refractivity contribution in [3.63, 3.8) is 0 Å². The van der Waals surface area contributed by atoms with Crippen molar-refractivity contribution in [3.8, 4) is 0 Å². The number of sulfonamides is 1. The number of nitrogens with zero attached hydrogens (tertiary/aromatic N) is 3. The second-order valence-corrected chi connectivity index (χ2v) is 13.2. The number of rotatable bonds is 15. The van der Waals surface area contributed by atoms with Gasteiger partial charge in [0.1, 0.15) is 11.4 Å². The molecular formula is C30H47N5O5S. The summed E-state index contributed by atoms with van der Waals surface area (Å²) >= 11 is 0. The predicted molar refractivity (Wildman–Crippen MR) is 164 cm³/mol. The minimum Gasteiger partial charge on any atom is -0.396 e. The lowest BCUT2D eigenvalue weighted by Crippen LogP contribution is -2.50. The second-order valence-electron chi connectivity index (χ2n) is 11.3. The molecule has 0 unspecified atom stereocenters. The number of hydrogen-bond donors (Lipinski definition) is 3. The first-order chi connectivity index (χ1) is 19.5. The normalized spacial score (nSPS) is 17.3. The predicted octanol–water partition coefficient (Wildman–Crippen LogP) is 4.38. The highest BCUT2D eigenvalue weighted by atomic mass is 32.2. The van der Waals surface area contributed by atoms with Crippen LogP contribution in [0.1, 0.15) is 93.7 Å². The van der Waals surface area contributed by atoms with Crippen LogP contribution in [0.5, 0.6) is 0 Å². The van der Waals surface area contributed by atoms with Crippen molar-refractivity contribution in [2.24, 2.45) is 10.7 Å². The first-order valence-electron chi connectivity index (χ1n) is 14.8. The van der Waals surface area contributed by atoms with E-state index in [4.69, 9.17) is 15.8 Å². The van der Waals surface area contributed by atoms with Gasteiger partial charge in [0.2, 0.25) is 10.0 Å². The Morgan fingerprint density at radius 3 is 2.12 bits per heavy atom. The van der Waals surface area contributed by atoms with Crippen LogP contribution in [-0.2, 0) is 14.8 Å². The molecule has 2 aliphatic heterocycles. The number of benzene rings is 1. The lowest BCUT2D eigenvalue weighted by atomic mass is 9.89. The number of amides is 3. The molecule has 0 radical (unpaired) electrons. The Bertz CT molecular complexity index is 1210. The molecule has 1 spiro atoms. The van der Waals surface area contributed by atoms with Crippen LogP contribution in [0.25, 0.3) is 6.08 Å². The number of amidine groups is 1. The lowest BCUT2D eigenvalue weighted by molar-refractivity contribution is -0.124. The number of aliphatic hydroxyl groups excluding tert-OH is 1. The van der Waals surface area contributed by atoms with Crippen LogP contribution in [0.4, 0.5) is 10.5 Å². The third-order valence-corrected chi connectivity index (χ3v) is 9.78. The van der Waals surface area contributed by atoms with Gasteiger partial charge in [-0.05, 0) is 74.4 Å². The zero-order valence-electron chi connectivity index (χ0n) is 24.8. The third kappa shape index (κ3) is 8.86. The number of unbranched alkanes of at least 4 members (excludes halogenated alkanes) is 8. The number of urea groups is 1. The number of anilines is 1. The van der Waals surface area contributed by atoms with E-state index in [-0.39, 0.29) is 25.6 Å². The molecular weight excluding hydrogens is 542 g/mol. The Labute approximate surface area is 245 Å². The Balaban J connectivity index is 1.49. The number of carbonyl (C=O) groups excluding carboxylic acids is 2. The van der Waals surface area contributed by atoms with Crippen molar-refractivity contribution < 1.29 is 23.1 Å². The largest absolute Gasteiger partial charge is 0.396 e. The van der Waals surface area contributed by atoms with Gasteiger partial charge in [0.05, 0.1) is 0 Å². The molecule has 0 saturated carbocycles. The van der Waals surface area contributed by atoms with E-state index in [1.54, 1.807) is 25.3 Å². The molecule has 3 rings (SSSR count). The molecule has 0 atom stereocenters. The van der Waals surface area contributed by atoms with Gasteiger partial charge in [-0.15, -0.1) is 0 Å². The number of aliphatic hydroxyl groups is 1. The van der Waals surface area contributed by atoms with Crippen LogP contribution < -0.4 is 16.0 Å². The van der Waals surface area contributed by atoms with Crippen LogP contribution in [0.15, 0.2) is 22.5 Å². The Morgan fingerprint density at radius 2 is 1.59 bits per heavy atom.